The summed E-state index contributed by atoms with van der Waals surface area (Å²) < 4.78 is 0. The zero-order valence-electron chi connectivity index (χ0n) is 6.84. The Balaban J connectivity index is -0.0000000120. The standard InChI is InChI=1S/C5H7O2.5ClH.W/c1-4(6)3-5(2)7;;;;;;/h3H,1-2H3;5*1H;/q-1;;;;;;. The Labute approximate surface area is 124 Å². The summed E-state index contributed by atoms with van der Waals surface area (Å²) in [7, 11) is 0. The number of rotatable bonds is 2. The first-order valence-corrected chi connectivity index (χ1v) is 1.99. The third kappa shape index (κ3) is 60.1. The fraction of sp³-hybridized carbons (Fsp3) is 0.400. The molecule has 86 valence electrons. The van der Waals surface area contributed by atoms with Crippen LogP contribution in [-0.2, 0) is 30.7 Å². The van der Waals surface area contributed by atoms with E-state index >= 15 is 0 Å². The molecule has 0 saturated carbocycles. The number of halogens is 5. The molecule has 0 aromatic rings. The third-order valence-electron chi connectivity index (χ3n) is 0.407. The normalized spacial score (nSPS) is 4.15. The van der Waals surface area contributed by atoms with Gasteiger partial charge in [-0.1, -0.05) is 0 Å². The van der Waals surface area contributed by atoms with Crippen molar-refractivity contribution in [1.82, 2.24) is 0 Å². The number of hydrogen-bond acceptors (Lipinski definition) is 2. The predicted octanol–water partition coefficient (Wildman–Crippen LogP) is 2.48. The molecule has 0 fully saturated rings. The van der Waals surface area contributed by atoms with Crippen LogP contribution in [0.1, 0.15) is 13.8 Å². The van der Waals surface area contributed by atoms with Crippen LogP contribution in [0.4, 0.5) is 0 Å². The average Bonchev–Trinajstić information content (AvgIpc) is 1.27. The summed E-state index contributed by atoms with van der Waals surface area (Å²) in [6.45, 7) is 2.70. The number of ketones is 2. The Morgan fingerprint density at radius 1 is 0.769 bits per heavy atom. The number of Topliss-reactive ketones (excluding diaryl/α,β-unsaturated/α-hetero) is 2. The molecule has 13 heavy (non-hydrogen) atoms. The smallest absolute Gasteiger partial charge is 0.00219 e. The maximum atomic E-state index is 9.98. The second-order valence-corrected chi connectivity index (χ2v) is 1.37. The Morgan fingerprint density at radius 3 is 0.923 bits per heavy atom. The molecule has 0 unspecified atom stereocenters. The van der Waals surface area contributed by atoms with Gasteiger partial charge in [0.25, 0.3) is 0 Å². The van der Waals surface area contributed by atoms with E-state index in [0.717, 1.165) is 6.42 Å². The van der Waals surface area contributed by atoms with E-state index in [0.29, 0.717) is 0 Å². The van der Waals surface area contributed by atoms with E-state index in [4.69, 9.17) is 0 Å². The molecule has 0 aromatic carbocycles. The van der Waals surface area contributed by atoms with Crippen LogP contribution in [0.3, 0.4) is 0 Å². The van der Waals surface area contributed by atoms with Gasteiger partial charge in [-0.25, -0.2) is 0 Å². The molecule has 0 bridgehead atoms. The molecule has 0 aliphatic heterocycles. The Bertz CT molecular complexity index is 99.1. The van der Waals surface area contributed by atoms with E-state index in [9.17, 15) is 9.59 Å². The largest absolute Gasteiger partial charge is 0.334 e. The van der Waals surface area contributed by atoms with Crippen LogP contribution in [0.2, 0.25) is 0 Å². The van der Waals surface area contributed by atoms with Crippen LogP contribution < -0.4 is 0 Å². The van der Waals surface area contributed by atoms with Gasteiger partial charge in [0.05, 0.1) is 0 Å². The Morgan fingerprint density at radius 2 is 0.923 bits per heavy atom. The number of hydrogen-bond donors (Lipinski definition) is 0. The van der Waals surface area contributed by atoms with Gasteiger partial charge < -0.3 is 9.59 Å². The van der Waals surface area contributed by atoms with Crippen molar-refractivity contribution in [2.45, 2.75) is 13.8 Å². The van der Waals surface area contributed by atoms with Gasteiger partial charge in [0.1, 0.15) is 0 Å². The second-order valence-electron chi connectivity index (χ2n) is 1.37. The summed E-state index contributed by atoms with van der Waals surface area (Å²) in [5.74, 6) is -0.375. The third-order valence-corrected chi connectivity index (χ3v) is 0.407. The number of carbonyl (C=O) groups is 2. The Kier molecular flexibility index (Phi) is 106. The van der Waals surface area contributed by atoms with Crippen LogP contribution >= 0.6 is 62.0 Å². The molecule has 0 rings (SSSR count). The van der Waals surface area contributed by atoms with Crippen LogP contribution in [0, 0.1) is 6.42 Å². The molecule has 0 aliphatic carbocycles. The van der Waals surface area contributed by atoms with Crippen molar-refractivity contribution in [3.8, 4) is 0 Å². The van der Waals surface area contributed by atoms with Crippen molar-refractivity contribution in [3.05, 3.63) is 6.42 Å². The van der Waals surface area contributed by atoms with E-state index < -0.39 is 0 Å². The second kappa shape index (κ2) is 29.2. The van der Waals surface area contributed by atoms with Gasteiger partial charge in [0, 0.05) is 32.6 Å². The van der Waals surface area contributed by atoms with Gasteiger partial charge in [-0.3, -0.25) is 6.42 Å². The van der Waals surface area contributed by atoms with Gasteiger partial charge in [-0.2, -0.15) is 0 Å². The minimum absolute atomic E-state index is 0. The van der Waals surface area contributed by atoms with Crippen molar-refractivity contribution in [2.24, 2.45) is 0 Å². The quantitative estimate of drug-likeness (QED) is 0.464. The Hall–Kier alpha value is 1.35. The first-order chi connectivity index (χ1) is 3.13. The molecule has 0 saturated heterocycles. The summed E-state index contributed by atoms with van der Waals surface area (Å²) in [6.07, 6.45) is 1.06. The van der Waals surface area contributed by atoms with Crippen molar-refractivity contribution < 1.29 is 30.7 Å². The molecule has 8 heteroatoms. The summed E-state index contributed by atoms with van der Waals surface area (Å²) in [4.78, 5) is 20.0. The monoisotopic (exact) mass is 463 g/mol. The minimum Gasteiger partial charge on any atom is -0.334 e. The molecule has 0 N–H and O–H groups in total. The van der Waals surface area contributed by atoms with Gasteiger partial charge in [0.2, 0.25) is 0 Å². The molecule has 2 nitrogen and oxygen atoms in total. The first kappa shape index (κ1) is 47.3. The molecule has 0 atom stereocenters. The molecule has 0 radical (unpaired) electrons. The molecule has 0 aromatic heterocycles. The molecular formula is C5H12Cl5O2W-. The number of carbonyl (C=O) groups excluding carboxylic acids is 2. The summed E-state index contributed by atoms with van der Waals surface area (Å²) >= 11 is 0. The van der Waals surface area contributed by atoms with Crippen LogP contribution in [0.5, 0.6) is 0 Å². The van der Waals surface area contributed by atoms with Crippen LogP contribution in [-0.4, -0.2) is 11.6 Å². The van der Waals surface area contributed by atoms with E-state index in [1.165, 1.54) is 13.8 Å². The van der Waals surface area contributed by atoms with Crippen molar-refractivity contribution in [1.29, 1.82) is 0 Å². The summed E-state index contributed by atoms with van der Waals surface area (Å²) in [5.41, 5.74) is 0. The van der Waals surface area contributed by atoms with Crippen molar-refractivity contribution in [2.75, 3.05) is 0 Å². The van der Waals surface area contributed by atoms with E-state index in [1.54, 1.807) is 0 Å². The topological polar surface area (TPSA) is 34.1 Å². The molecule has 0 aliphatic rings. The van der Waals surface area contributed by atoms with Crippen LogP contribution in [0.25, 0.3) is 0 Å². The van der Waals surface area contributed by atoms with Gasteiger partial charge in [0.15, 0.2) is 0 Å². The van der Waals surface area contributed by atoms with Crippen LogP contribution in [0.15, 0.2) is 0 Å². The zero-order valence-corrected chi connectivity index (χ0v) is 13.9. The molecule has 0 heterocycles. The zero-order chi connectivity index (χ0) is 5.86. The average molecular weight is 465 g/mol. The molecule has 0 amide bonds. The van der Waals surface area contributed by atoms with Gasteiger partial charge >= 0.3 is 0 Å². The van der Waals surface area contributed by atoms with E-state index in [-0.39, 0.29) is 94.7 Å². The van der Waals surface area contributed by atoms with Crippen molar-refractivity contribution in [3.63, 3.8) is 0 Å². The maximum absolute atomic E-state index is 9.98. The fourth-order valence-corrected chi connectivity index (χ4v) is 0.286. The van der Waals surface area contributed by atoms with Crippen molar-refractivity contribution >= 4 is 73.6 Å². The van der Waals surface area contributed by atoms with Gasteiger partial charge in [-0.15, -0.1) is 62.0 Å². The predicted molar refractivity (Wildman–Crippen MR) is 61.9 cm³/mol. The van der Waals surface area contributed by atoms with E-state index in [2.05, 4.69) is 0 Å². The van der Waals surface area contributed by atoms with E-state index in [1.807, 2.05) is 0 Å². The van der Waals surface area contributed by atoms with Gasteiger partial charge in [-0.05, 0) is 13.8 Å². The minimum atomic E-state index is -0.187. The SMILES string of the molecule is CC(=O)[CH-]C(C)=O.Cl.Cl.Cl.Cl.Cl.[W]. The fourth-order valence-electron chi connectivity index (χ4n) is 0.286. The summed E-state index contributed by atoms with van der Waals surface area (Å²) in [5, 5.41) is 0. The molecular weight excluding hydrogens is 453 g/mol. The first-order valence-electron chi connectivity index (χ1n) is 1.99. The summed E-state index contributed by atoms with van der Waals surface area (Å²) in [6, 6.07) is 0. The maximum Gasteiger partial charge on any atom is 0.00219 e. The molecule has 0 spiro atoms.